The van der Waals surface area contributed by atoms with Gasteiger partial charge >= 0.3 is 0 Å². The topological polar surface area (TPSA) is 48.4 Å². The number of hydrogen-bond donors (Lipinski definition) is 0. The summed E-state index contributed by atoms with van der Waals surface area (Å²) in [7, 11) is 0. The van der Waals surface area contributed by atoms with E-state index in [1.165, 1.54) is 0 Å². The van der Waals surface area contributed by atoms with Gasteiger partial charge in [-0.1, -0.05) is 36.4 Å². The predicted molar refractivity (Wildman–Crippen MR) is 79.3 cm³/mol. The summed E-state index contributed by atoms with van der Waals surface area (Å²) in [6, 6.07) is 15.3. The summed E-state index contributed by atoms with van der Waals surface area (Å²) < 4.78 is 10.7. The van der Waals surface area contributed by atoms with E-state index >= 15 is 0 Å². The molecule has 1 fully saturated rings. The lowest BCUT2D eigenvalue weighted by molar-refractivity contribution is -0.0211. The van der Waals surface area contributed by atoms with E-state index in [0.717, 1.165) is 21.8 Å². The lowest BCUT2D eigenvalue weighted by Gasteiger charge is -2.13. The molecule has 0 spiro atoms. The molecular formula is C17H13NO3. The molecule has 2 aromatic carbocycles. The Balaban J connectivity index is 2.04. The number of rotatable bonds is 2. The number of Topliss-reactive ketones (excluding diaryl/α,β-unsaturated/α-hetero) is 1. The van der Waals surface area contributed by atoms with E-state index in [1.807, 2.05) is 48.5 Å². The lowest BCUT2D eigenvalue weighted by atomic mass is 9.99. The molecule has 2 heterocycles. The van der Waals surface area contributed by atoms with Crippen LogP contribution in [0.25, 0.3) is 21.8 Å². The minimum atomic E-state index is -0.806. The molecule has 0 aliphatic carbocycles. The predicted octanol–water partition coefficient (Wildman–Crippen LogP) is 2.94. The van der Waals surface area contributed by atoms with E-state index in [1.54, 1.807) is 0 Å². The number of hydrogen-bond acceptors (Lipinski definition) is 4. The van der Waals surface area contributed by atoms with E-state index in [4.69, 9.17) is 9.47 Å². The van der Waals surface area contributed by atoms with Crippen LogP contribution in [0, 0.1) is 0 Å². The number of para-hydroxylation sites is 2. The average Bonchev–Trinajstić information content (AvgIpc) is 3.06. The van der Waals surface area contributed by atoms with E-state index in [-0.39, 0.29) is 5.78 Å². The second-order valence-electron chi connectivity index (χ2n) is 4.96. The molecule has 0 saturated carbocycles. The Hall–Kier alpha value is -2.30. The van der Waals surface area contributed by atoms with Gasteiger partial charge in [0.15, 0.2) is 0 Å². The number of ether oxygens (including phenoxy) is 2. The van der Waals surface area contributed by atoms with Crippen molar-refractivity contribution in [3.05, 3.63) is 54.1 Å². The van der Waals surface area contributed by atoms with E-state index in [0.29, 0.717) is 18.8 Å². The molecule has 0 amide bonds. The van der Waals surface area contributed by atoms with Crippen molar-refractivity contribution in [1.82, 2.24) is 4.98 Å². The van der Waals surface area contributed by atoms with E-state index in [2.05, 4.69) is 4.98 Å². The van der Waals surface area contributed by atoms with Crippen LogP contribution >= 0.6 is 0 Å². The number of aromatic nitrogens is 1. The fraction of sp³-hybridized carbons (Fsp3) is 0.176. The highest BCUT2D eigenvalue weighted by Crippen LogP contribution is 2.28. The minimum absolute atomic E-state index is 0.137. The smallest absolute Gasteiger partial charge is 0.222 e. The first-order chi connectivity index (χ1) is 10.3. The monoisotopic (exact) mass is 279 g/mol. The first-order valence-electron chi connectivity index (χ1n) is 6.89. The van der Waals surface area contributed by atoms with Gasteiger partial charge in [0.2, 0.25) is 12.1 Å². The molecule has 4 heteroatoms. The molecule has 0 radical (unpaired) electrons. The molecule has 0 unspecified atom stereocenters. The van der Waals surface area contributed by atoms with Crippen LogP contribution in [-0.2, 0) is 9.47 Å². The number of fused-ring (bicyclic) bond motifs is 2. The number of ketones is 1. The normalized spacial score (nSPS) is 15.8. The number of carbonyl (C=O) groups is 1. The second kappa shape index (κ2) is 4.91. The van der Waals surface area contributed by atoms with Gasteiger partial charge in [0.25, 0.3) is 0 Å². The second-order valence-corrected chi connectivity index (χ2v) is 4.96. The molecule has 1 aliphatic heterocycles. The zero-order chi connectivity index (χ0) is 14.2. The van der Waals surface area contributed by atoms with Crippen molar-refractivity contribution in [1.29, 1.82) is 0 Å². The van der Waals surface area contributed by atoms with Crippen LogP contribution in [0.3, 0.4) is 0 Å². The molecule has 4 nitrogen and oxygen atoms in total. The Kier molecular flexibility index (Phi) is 2.91. The largest absolute Gasteiger partial charge is 0.343 e. The summed E-state index contributed by atoms with van der Waals surface area (Å²) in [5, 5.41) is 1.67. The molecule has 21 heavy (non-hydrogen) atoms. The molecule has 4 rings (SSSR count). The first-order valence-corrected chi connectivity index (χ1v) is 6.89. The molecule has 0 N–H and O–H groups in total. The SMILES string of the molecule is O=C(c1c2ccccc2nc2ccccc12)C1OCCO1. The van der Waals surface area contributed by atoms with Gasteiger partial charge in [0, 0.05) is 16.3 Å². The summed E-state index contributed by atoms with van der Waals surface area (Å²) in [6.07, 6.45) is -0.806. The van der Waals surface area contributed by atoms with Gasteiger partial charge in [-0.2, -0.15) is 0 Å². The Morgan fingerprint density at radius 1 is 0.905 bits per heavy atom. The van der Waals surface area contributed by atoms with Crippen molar-refractivity contribution in [3.8, 4) is 0 Å². The van der Waals surface area contributed by atoms with Crippen LogP contribution in [0.5, 0.6) is 0 Å². The van der Waals surface area contributed by atoms with Gasteiger partial charge in [-0.05, 0) is 12.1 Å². The van der Waals surface area contributed by atoms with Crippen LogP contribution in [0.4, 0.5) is 0 Å². The van der Waals surface area contributed by atoms with Crippen LogP contribution in [0.1, 0.15) is 10.4 Å². The van der Waals surface area contributed by atoms with Gasteiger partial charge in [0.1, 0.15) is 0 Å². The maximum Gasteiger partial charge on any atom is 0.222 e. The molecule has 1 aromatic heterocycles. The highest BCUT2D eigenvalue weighted by Gasteiger charge is 2.28. The number of nitrogens with zero attached hydrogens (tertiary/aromatic N) is 1. The number of benzene rings is 2. The summed E-state index contributed by atoms with van der Waals surface area (Å²) in [5.74, 6) is -0.137. The van der Waals surface area contributed by atoms with E-state index < -0.39 is 6.29 Å². The highest BCUT2D eigenvalue weighted by atomic mass is 16.7. The summed E-state index contributed by atoms with van der Waals surface area (Å²) in [5.41, 5.74) is 2.23. The molecule has 104 valence electrons. The maximum absolute atomic E-state index is 12.8. The fourth-order valence-corrected chi connectivity index (χ4v) is 2.73. The molecule has 0 bridgehead atoms. The Labute approximate surface area is 121 Å². The third-order valence-electron chi connectivity index (χ3n) is 3.67. The van der Waals surface area contributed by atoms with Crippen LogP contribution in [0.15, 0.2) is 48.5 Å². The van der Waals surface area contributed by atoms with Crippen LogP contribution in [0.2, 0.25) is 0 Å². The molecule has 1 aliphatic rings. The van der Waals surface area contributed by atoms with Gasteiger partial charge < -0.3 is 9.47 Å². The minimum Gasteiger partial charge on any atom is -0.343 e. The van der Waals surface area contributed by atoms with Gasteiger partial charge in [-0.15, -0.1) is 0 Å². The Morgan fingerprint density at radius 3 is 2.00 bits per heavy atom. The van der Waals surface area contributed by atoms with Gasteiger partial charge in [0.05, 0.1) is 24.2 Å². The van der Waals surface area contributed by atoms with Crippen molar-refractivity contribution >= 4 is 27.6 Å². The summed E-state index contributed by atoms with van der Waals surface area (Å²) in [6.45, 7) is 0.911. The lowest BCUT2D eigenvalue weighted by Crippen LogP contribution is -2.22. The third kappa shape index (κ3) is 2.00. The molecule has 3 aromatic rings. The summed E-state index contributed by atoms with van der Waals surface area (Å²) >= 11 is 0. The van der Waals surface area contributed by atoms with Gasteiger partial charge in [-0.3, -0.25) is 4.79 Å². The highest BCUT2D eigenvalue weighted by molar-refractivity contribution is 6.18. The maximum atomic E-state index is 12.8. The fourth-order valence-electron chi connectivity index (χ4n) is 2.73. The zero-order valence-corrected chi connectivity index (χ0v) is 11.3. The molecule has 1 saturated heterocycles. The Morgan fingerprint density at radius 2 is 1.43 bits per heavy atom. The third-order valence-corrected chi connectivity index (χ3v) is 3.67. The average molecular weight is 279 g/mol. The van der Waals surface area contributed by atoms with Crippen molar-refractivity contribution in [2.45, 2.75) is 6.29 Å². The van der Waals surface area contributed by atoms with Crippen molar-refractivity contribution in [2.24, 2.45) is 0 Å². The quantitative estimate of drug-likeness (QED) is 0.534. The van der Waals surface area contributed by atoms with Crippen molar-refractivity contribution in [2.75, 3.05) is 13.2 Å². The Bertz CT molecular complexity index is 784. The van der Waals surface area contributed by atoms with Crippen molar-refractivity contribution in [3.63, 3.8) is 0 Å². The first kappa shape index (κ1) is 12.4. The van der Waals surface area contributed by atoms with E-state index in [9.17, 15) is 4.79 Å². The molecule has 0 atom stereocenters. The molecular weight excluding hydrogens is 266 g/mol. The number of carbonyl (C=O) groups excluding carboxylic acids is 1. The van der Waals surface area contributed by atoms with Crippen molar-refractivity contribution < 1.29 is 14.3 Å². The standard InChI is InChI=1S/C17H13NO3/c19-16(17-20-9-10-21-17)15-11-5-1-3-7-13(11)18-14-8-4-2-6-12(14)15/h1-8,17H,9-10H2. The van der Waals surface area contributed by atoms with Gasteiger partial charge in [-0.25, -0.2) is 4.98 Å². The van der Waals surface area contributed by atoms with Crippen LogP contribution in [-0.4, -0.2) is 30.3 Å². The number of pyridine rings is 1. The zero-order valence-electron chi connectivity index (χ0n) is 11.3. The summed E-state index contributed by atoms with van der Waals surface area (Å²) in [4.78, 5) is 17.4. The van der Waals surface area contributed by atoms with Crippen LogP contribution < -0.4 is 0 Å².